The van der Waals surface area contributed by atoms with E-state index in [0.717, 1.165) is 31.4 Å². The van der Waals surface area contributed by atoms with Crippen molar-refractivity contribution in [3.05, 3.63) is 54.1 Å². The van der Waals surface area contributed by atoms with Crippen LogP contribution in [0.2, 0.25) is 0 Å². The zero-order valence-electron chi connectivity index (χ0n) is 15.9. The molecule has 2 aromatic carbocycles. The van der Waals surface area contributed by atoms with Crippen LogP contribution in [-0.2, 0) is 14.8 Å². The number of hydrogen-bond acceptors (Lipinski definition) is 4. The second-order valence-electron chi connectivity index (χ2n) is 6.81. The van der Waals surface area contributed by atoms with Crippen LogP contribution in [0.1, 0.15) is 26.2 Å². The van der Waals surface area contributed by atoms with Crippen molar-refractivity contribution in [1.29, 1.82) is 0 Å². The fraction of sp³-hybridized carbons (Fsp3) is 0.350. The lowest BCUT2D eigenvalue weighted by Crippen LogP contribution is -2.35. The molecule has 3 rings (SSSR count). The summed E-state index contributed by atoms with van der Waals surface area (Å²) in [5.74, 6) is -2.56. The van der Waals surface area contributed by atoms with Gasteiger partial charge in [0.05, 0.1) is 4.90 Å². The number of hydrogen-bond donors (Lipinski definition) is 1. The highest BCUT2D eigenvalue weighted by molar-refractivity contribution is 7.89. The average molecular weight is 424 g/mol. The normalized spacial score (nSPS) is 16.2. The molecular formula is C20H22F2N2O4S. The molecule has 0 radical (unpaired) electrons. The van der Waals surface area contributed by atoms with Gasteiger partial charge in [0, 0.05) is 24.8 Å². The van der Waals surface area contributed by atoms with E-state index in [1.807, 2.05) is 0 Å². The molecule has 1 N–H and O–H groups in total. The number of anilines is 1. The van der Waals surface area contributed by atoms with Crippen molar-refractivity contribution in [2.75, 3.05) is 18.4 Å². The molecule has 1 unspecified atom stereocenters. The first-order chi connectivity index (χ1) is 13.8. The first kappa shape index (κ1) is 21.2. The number of piperidine rings is 1. The lowest BCUT2D eigenvalue weighted by molar-refractivity contribution is -0.122. The summed E-state index contributed by atoms with van der Waals surface area (Å²) in [5.41, 5.74) is 0.397. The highest BCUT2D eigenvalue weighted by atomic mass is 32.2. The molecule has 6 nitrogen and oxygen atoms in total. The molecule has 1 atom stereocenters. The van der Waals surface area contributed by atoms with E-state index in [1.54, 1.807) is 0 Å². The second kappa shape index (κ2) is 8.87. The van der Waals surface area contributed by atoms with Gasteiger partial charge in [-0.1, -0.05) is 6.42 Å². The van der Waals surface area contributed by atoms with Gasteiger partial charge in [-0.2, -0.15) is 4.31 Å². The molecule has 1 heterocycles. The third kappa shape index (κ3) is 5.10. The second-order valence-corrected chi connectivity index (χ2v) is 8.75. The van der Waals surface area contributed by atoms with Gasteiger partial charge in [-0.25, -0.2) is 17.2 Å². The molecule has 0 saturated carbocycles. The maximum atomic E-state index is 13.2. The number of carbonyl (C=O) groups excluding carboxylic acids is 1. The number of carbonyl (C=O) groups is 1. The smallest absolute Gasteiger partial charge is 0.265 e. The fourth-order valence-corrected chi connectivity index (χ4v) is 4.53. The van der Waals surface area contributed by atoms with E-state index in [2.05, 4.69) is 5.32 Å². The Morgan fingerprint density at radius 3 is 2.31 bits per heavy atom. The van der Waals surface area contributed by atoms with Crippen LogP contribution in [0.3, 0.4) is 0 Å². The standard InChI is InChI=1S/C20H22F2N2O4S/c1-14(28-16-7-10-18(21)19(22)13-16)20(25)23-15-5-8-17(9-6-15)29(26,27)24-11-3-2-4-12-24/h5-10,13-14H,2-4,11-12H2,1H3,(H,23,25). The molecule has 0 aliphatic carbocycles. The first-order valence-electron chi connectivity index (χ1n) is 9.30. The summed E-state index contributed by atoms with van der Waals surface area (Å²) >= 11 is 0. The maximum absolute atomic E-state index is 13.2. The summed E-state index contributed by atoms with van der Waals surface area (Å²) in [4.78, 5) is 12.4. The molecule has 2 aromatic rings. The monoisotopic (exact) mass is 424 g/mol. The number of rotatable bonds is 6. The van der Waals surface area contributed by atoms with E-state index in [0.29, 0.717) is 18.8 Å². The SMILES string of the molecule is CC(Oc1ccc(F)c(F)c1)C(=O)Nc1ccc(S(=O)(=O)N2CCCCC2)cc1. The van der Waals surface area contributed by atoms with E-state index >= 15 is 0 Å². The van der Waals surface area contributed by atoms with Gasteiger partial charge in [-0.3, -0.25) is 4.79 Å². The molecule has 1 fully saturated rings. The van der Waals surface area contributed by atoms with Crippen LogP contribution >= 0.6 is 0 Å². The molecule has 29 heavy (non-hydrogen) atoms. The number of amides is 1. The van der Waals surface area contributed by atoms with E-state index in [-0.39, 0.29) is 10.6 Å². The van der Waals surface area contributed by atoms with Crippen molar-refractivity contribution in [2.24, 2.45) is 0 Å². The molecule has 0 aromatic heterocycles. The van der Waals surface area contributed by atoms with Gasteiger partial charge in [-0.05, 0) is 56.2 Å². The number of nitrogens with zero attached hydrogens (tertiary/aromatic N) is 1. The van der Waals surface area contributed by atoms with E-state index in [4.69, 9.17) is 4.74 Å². The summed E-state index contributed by atoms with van der Waals surface area (Å²) in [5, 5.41) is 2.61. The predicted molar refractivity (Wildman–Crippen MR) is 104 cm³/mol. The van der Waals surface area contributed by atoms with E-state index < -0.39 is 33.7 Å². The Bertz CT molecular complexity index is 974. The number of sulfonamides is 1. The molecule has 0 spiro atoms. The highest BCUT2D eigenvalue weighted by Crippen LogP contribution is 2.22. The zero-order valence-corrected chi connectivity index (χ0v) is 16.7. The summed E-state index contributed by atoms with van der Waals surface area (Å²) in [6.07, 6.45) is 1.76. The van der Waals surface area contributed by atoms with Crippen molar-refractivity contribution in [2.45, 2.75) is 37.2 Å². The van der Waals surface area contributed by atoms with Gasteiger partial charge in [0.25, 0.3) is 5.91 Å². The lowest BCUT2D eigenvalue weighted by Gasteiger charge is -2.25. The van der Waals surface area contributed by atoms with Crippen LogP contribution in [0.5, 0.6) is 5.75 Å². The Hall–Kier alpha value is -2.52. The van der Waals surface area contributed by atoms with Crippen LogP contribution in [0.25, 0.3) is 0 Å². The molecule has 1 aliphatic heterocycles. The zero-order chi connectivity index (χ0) is 21.0. The van der Waals surface area contributed by atoms with Gasteiger partial charge in [0.2, 0.25) is 10.0 Å². The van der Waals surface area contributed by atoms with Crippen molar-refractivity contribution in [3.8, 4) is 5.75 Å². The van der Waals surface area contributed by atoms with Crippen LogP contribution in [-0.4, -0.2) is 37.8 Å². The van der Waals surface area contributed by atoms with Gasteiger partial charge in [0.15, 0.2) is 17.7 Å². The van der Waals surface area contributed by atoms with Crippen LogP contribution in [0, 0.1) is 11.6 Å². The Morgan fingerprint density at radius 2 is 1.69 bits per heavy atom. The summed E-state index contributed by atoms with van der Waals surface area (Å²) < 4.78 is 58.3. The quantitative estimate of drug-likeness (QED) is 0.770. The molecule has 0 bridgehead atoms. The van der Waals surface area contributed by atoms with Gasteiger partial charge in [-0.15, -0.1) is 0 Å². The van der Waals surface area contributed by atoms with Crippen molar-refractivity contribution in [3.63, 3.8) is 0 Å². The fourth-order valence-electron chi connectivity index (χ4n) is 3.02. The summed E-state index contributed by atoms with van der Waals surface area (Å²) in [6, 6.07) is 8.89. The Balaban J connectivity index is 1.62. The molecule has 1 amide bonds. The van der Waals surface area contributed by atoms with Crippen LogP contribution in [0.4, 0.5) is 14.5 Å². The van der Waals surface area contributed by atoms with Gasteiger partial charge in [0.1, 0.15) is 5.75 Å². The maximum Gasteiger partial charge on any atom is 0.265 e. The topological polar surface area (TPSA) is 75.7 Å². The Labute approximate surface area is 168 Å². The number of benzene rings is 2. The summed E-state index contributed by atoms with van der Waals surface area (Å²) in [7, 11) is -3.54. The highest BCUT2D eigenvalue weighted by Gasteiger charge is 2.26. The minimum atomic E-state index is -3.54. The number of nitrogens with one attached hydrogen (secondary N) is 1. The Kier molecular flexibility index (Phi) is 6.49. The van der Waals surface area contributed by atoms with Crippen molar-refractivity contribution < 1.29 is 26.7 Å². The van der Waals surface area contributed by atoms with Gasteiger partial charge < -0.3 is 10.1 Å². The van der Waals surface area contributed by atoms with E-state index in [9.17, 15) is 22.0 Å². The number of halogens is 2. The molecule has 156 valence electrons. The van der Waals surface area contributed by atoms with Crippen molar-refractivity contribution >= 4 is 21.6 Å². The number of ether oxygens (including phenoxy) is 1. The first-order valence-corrected chi connectivity index (χ1v) is 10.7. The van der Waals surface area contributed by atoms with Crippen LogP contribution < -0.4 is 10.1 Å². The van der Waals surface area contributed by atoms with Gasteiger partial charge >= 0.3 is 0 Å². The molecule has 1 aliphatic rings. The van der Waals surface area contributed by atoms with E-state index in [1.165, 1.54) is 41.6 Å². The minimum Gasteiger partial charge on any atom is -0.481 e. The summed E-state index contributed by atoms with van der Waals surface area (Å²) in [6.45, 7) is 2.49. The third-order valence-electron chi connectivity index (χ3n) is 4.65. The largest absolute Gasteiger partial charge is 0.481 e. The molecular weight excluding hydrogens is 402 g/mol. The van der Waals surface area contributed by atoms with Crippen LogP contribution in [0.15, 0.2) is 47.4 Å². The molecule has 9 heteroatoms. The molecule has 1 saturated heterocycles. The third-order valence-corrected chi connectivity index (χ3v) is 6.56. The predicted octanol–water partition coefficient (Wildman–Crippen LogP) is 3.55. The lowest BCUT2D eigenvalue weighted by atomic mass is 10.2. The average Bonchev–Trinajstić information content (AvgIpc) is 2.72. The minimum absolute atomic E-state index is 0.0227. The Morgan fingerprint density at radius 1 is 1.03 bits per heavy atom. The van der Waals surface area contributed by atoms with Crippen molar-refractivity contribution in [1.82, 2.24) is 4.31 Å².